The molecule has 1 aromatic carbocycles. The van der Waals surface area contributed by atoms with Crippen LogP contribution in [-0.4, -0.2) is 13.6 Å². The Kier molecular flexibility index (Phi) is 3.88. The van der Waals surface area contributed by atoms with Crippen LogP contribution in [0.3, 0.4) is 0 Å². The first-order valence-electron chi connectivity index (χ1n) is 6.90. The van der Waals surface area contributed by atoms with Crippen molar-refractivity contribution < 1.29 is 0 Å². The van der Waals surface area contributed by atoms with Crippen molar-refractivity contribution in [1.82, 2.24) is 5.32 Å². The molecule has 0 aliphatic heterocycles. The summed E-state index contributed by atoms with van der Waals surface area (Å²) in [5.74, 6) is 0. The van der Waals surface area contributed by atoms with E-state index in [1.165, 1.54) is 37.7 Å². The molecule has 0 spiro atoms. The van der Waals surface area contributed by atoms with Crippen LogP contribution in [0.15, 0.2) is 18.2 Å². The summed E-state index contributed by atoms with van der Waals surface area (Å²) in [6.45, 7) is 5.80. The third-order valence-corrected chi connectivity index (χ3v) is 4.13. The molecule has 0 saturated heterocycles. The Morgan fingerprint density at radius 1 is 1.12 bits per heavy atom. The van der Waals surface area contributed by atoms with Gasteiger partial charge in [-0.3, -0.25) is 0 Å². The van der Waals surface area contributed by atoms with Gasteiger partial charge in [0.25, 0.3) is 0 Å². The molecule has 1 aliphatic carbocycles. The molecule has 0 unspecified atom stereocenters. The molecular formula is C16H25N. The lowest BCUT2D eigenvalue weighted by Crippen LogP contribution is -2.24. The van der Waals surface area contributed by atoms with Crippen molar-refractivity contribution in [2.75, 3.05) is 13.6 Å². The highest BCUT2D eigenvalue weighted by atomic mass is 14.8. The molecule has 0 heterocycles. The van der Waals surface area contributed by atoms with Gasteiger partial charge in [0.2, 0.25) is 0 Å². The van der Waals surface area contributed by atoms with Gasteiger partial charge in [-0.05, 0) is 67.8 Å². The van der Waals surface area contributed by atoms with E-state index in [1.807, 2.05) is 7.05 Å². The van der Waals surface area contributed by atoms with E-state index in [0.29, 0.717) is 0 Å². The van der Waals surface area contributed by atoms with Crippen LogP contribution in [0.1, 0.15) is 49.8 Å². The molecule has 1 heteroatoms. The van der Waals surface area contributed by atoms with Crippen molar-refractivity contribution in [3.8, 4) is 0 Å². The first-order valence-corrected chi connectivity index (χ1v) is 6.90. The third kappa shape index (κ3) is 2.90. The summed E-state index contributed by atoms with van der Waals surface area (Å²) in [5.41, 5.74) is 4.99. The van der Waals surface area contributed by atoms with Gasteiger partial charge in [-0.2, -0.15) is 0 Å². The Hall–Kier alpha value is -0.820. The van der Waals surface area contributed by atoms with Gasteiger partial charge in [-0.15, -0.1) is 0 Å². The van der Waals surface area contributed by atoms with E-state index < -0.39 is 0 Å². The van der Waals surface area contributed by atoms with E-state index in [-0.39, 0.29) is 5.41 Å². The lowest BCUT2D eigenvalue weighted by Gasteiger charge is -2.27. The molecule has 94 valence electrons. The molecule has 0 radical (unpaired) electrons. The number of rotatable bonds is 4. The zero-order chi connectivity index (χ0) is 12.3. The second-order valence-corrected chi connectivity index (χ2v) is 5.93. The highest BCUT2D eigenvalue weighted by molar-refractivity contribution is 5.36. The van der Waals surface area contributed by atoms with Crippen LogP contribution in [0.25, 0.3) is 0 Å². The van der Waals surface area contributed by atoms with Crippen molar-refractivity contribution in [2.45, 2.75) is 51.4 Å². The summed E-state index contributed by atoms with van der Waals surface area (Å²) in [7, 11) is 2.03. The van der Waals surface area contributed by atoms with Crippen LogP contribution in [-0.2, 0) is 18.3 Å². The minimum absolute atomic E-state index is 0.287. The predicted molar refractivity (Wildman–Crippen MR) is 74.7 cm³/mol. The zero-order valence-electron chi connectivity index (χ0n) is 11.5. The average molecular weight is 231 g/mol. The SMILES string of the molecule is CNCCC(C)(C)c1ccc2c(c1)CCCC2. The number of benzene rings is 1. The summed E-state index contributed by atoms with van der Waals surface area (Å²) < 4.78 is 0. The largest absolute Gasteiger partial charge is 0.320 e. The smallest absolute Gasteiger partial charge is 0.00436 e. The van der Waals surface area contributed by atoms with Crippen molar-refractivity contribution in [2.24, 2.45) is 0 Å². The first-order chi connectivity index (χ1) is 8.13. The lowest BCUT2D eigenvalue weighted by molar-refractivity contribution is 0.467. The fraction of sp³-hybridized carbons (Fsp3) is 0.625. The molecule has 0 amide bonds. The van der Waals surface area contributed by atoms with Crippen LogP contribution in [0.4, 0.5) is 0 Å². The van der Waals surface area contributed by atoms with Crippen molar-refractivity contribution in [1.29, 1.82) is 0 Å². The number of fused-ring (bicyclic) bond motifs is 1. The molecule has 1 aliphatic rings. The maximum absolute atomic E-state index is 3.26. The quantitative estimate of drug-likeness (QED) is 0.837. The fourth-order valence-electron chi connectivity index (χ4n) is 2.74. The molecule has 1 aromatic rings. The predicted octanol–water partition coefficient (Wildman–Crippen LogP) is 3.45. The second kappa shape index (κ2) is 5.22. The van der Waals surface area contributed by atoms with Gasteiger partial charge in [0.15, 0.2) is 0 Å². The van der Waals surface area contributed by atoms with Crippen molar-refractivity contribution >= 4 is 0 Å². The highest BCUT2D eigenvalue weighted by Crippen LogP contribution is 2.30. The van der Waals surface area contributed by atoms with Gasteiger partial charge in [0.05, 0.1) is 0 Å². The van der Waals surface area contributed by atoms with E-state index in [1.54, 1.807) is 11.1 Å². The maximum atomic E-state index is 3.26. The van der Waals surface area contributed by atoms with Crippen LogP contribution < -0.4 is 5.32 Å². The van der Waals surface area contributed by atoms with Gasteiger partial charge >= 0.3 is 0 Å². The van der Waals surface area contributed by atoms with Crippen molar-refractivity contribution in [3.63, 3.8) is 0 Å². The van der Waals surface area contributed by atoms with Gasteiger partial charge < -0.3 is 5.32 Å². The average Bonchev–Trinajstić information content (AvgIpc) is 2.36. The zero-order valence-corrected chi connectivity index (χ0v) is 11.5. The molecule has 0 bridgehead atoms. The van der Waals surface area contributed by atoms with Crippen LogP contribution in [0.5, 0.6) is 0 Å². The summed E-state index contributed by atoms with van der Waals surface area (Å²) >= 11 is 0. The molecule has 0 fully saturated rings. The molecule has 17 heavy (non-hydrogen) atoms. The van der Waals surface area contributed by atoms with E-state index >= 15 is 0 Å². The van der Waals surface area contributed by atoms with Crippen LogP contribution in [0, 0.1) is 0 Å². The topological polar surface area (TPSA) is 12.0 Å². The first kappa shape index (κ1) is 12.6. The summed E-state index contributed by atoms with van der Waals surface area (Å²) in [5, 5.41) is 3.26. The molecule has 0 saturated carbocycles. The standard InChI is InChI=1S/C16H25N/c1-16(2,10-11-17-3)15-9-8-13-6-4-5-7-14(13)12-15/h8-9,12,17H,4-7,10-11H2,1-3H3. The van der Waals surface area contributed by atoms with Gasteiger partial charge in [-0.25, -0.2) is 0 Å². The summed E-state index contributed by atoms with van der Waals surface area (Å²) in [6.07, 6.45) is 6.50. The number of hydrogen-bond donors (Lipinski definition) is 1. The summed E-state index contributed by atoms with van der Waals surface area (Å²) in [4.78, 5) is 0. The Balaban J connectivity index is 2.20. The Labute approximate surface area is 106 Å². The number of nitrogens with one attached hydrogen (secondary N) is 1. The number of aryl methyl sites for hydroxylation is 2. The molecule has 1 N–H and O–H groups in total. The molecule has 1 nitrogen and oxygen atoms in total. The second-order valence-electron chi connectivity index (χ2n) is 5.93. The Bertz CT molecular complexity index is 379. The van der Waals surface area contributed by atoms with Crippen LogP contribution >= 0.6 is 0 Å². The minimum atomic E-state index is 0.287. The maximum Gasteiger partial charge on any atom is -0.00436 e. The van der Waals surface area contributed by atoms with Crippen LogP contribution in [0.2, 0.25) is 0 Å². The fourth-order valence-corrected chi connectivity index (χ4v) is 2.74. The van der Waals surface area contributed by atoms with Gasteiger partial charge in [0, 0.05) is 0 Å². The van der Waals surface area contributed by atoms with E-state index in [9.17, 15) is 0 Å². The minimum Gasteiger partial charge on any atom is -0.320 e. The van der Waals surface area contributed by atoms with Gasteiger partial charge in [0.1, 0.15) is 0 Å². The monoisotopic (exact) mass is 231 g/mol. The third-order valence-electron chi connectivity index (χ3n) is 4.13. The van der Waals surface area contributed by atoms with Crippen molar-refractivity contribution in [3.05, 3.63) is 34.9 Å². The molecule has 0 atom stereocenters. The molecular weight excluding hydrogens is 206 g/mol. The van der Waals surface area contributed by atoms with E-state index in [4.69, 9.17) is 0 Å². The molecule has 2 rings (SSSR count). The van der Waals surface area contributed by atoms with E-state index in [2.05, 4.69) is 37.4 Å². The van der Waals surface area contributed by atoms with E-state index in [0.717, 1.165) is 6.54 Å². The summed E-state index contributed by atoms with van der Waals surface area (Å²) in [6, 6.07) is 7.18. The highest BCUT2D eigenvalue weighted by Gasteiger charge is 2.21. The normalized spacial score (nSPS) is 15.7. The van der Waals surface area contributed by atoms with Gasteiger partial charge in [-0.1, -0.05) is 32.0 Å². The number of hydrogen-bond acceptors (Lipinski definition) is 1. The molecule has 0 aromatic heterocycles. The Morgan fingerprint density at radius 3 is 2.53 bits per heavy atom. The lowest BCUT2D eigenvalue weighted by atomic mass is 9.79. The Morgan fingerprint density at radius 2 is 1.82 bits per heavy atom.